The number of benzene rings is 2. The summed E-state index contributed by atoms with van der Waals surface area (Å²) in [7, 11) is -5.60. The maximum absolute atomic E-state index is 13.1. The molecule has 7 heteroatoms. The molecular weight excluding hydrogens is 489 g/mol. The zero-order chi connectivity index (χ0) is 20.0. The fourth-order valence-corrected chi connectivity index (χ4v) is 6.40. The summed E-state index contributed by atoms with van der Waals surface area (Å²) in [6, 6.07) is 16.0. The first-order valence-electron chi connectivity index (χ1n) is 8.74. The number of aromatic nitrogens is 1. The molecule has 0 atom stereocenters. The Morgan fingerprint density at radius 3 is 2.22 bits per heavy atom. The summed E-state index contributed by atoms with van der Waals surface area (Å²) in [5.41, 5.74) is 0.658. The topological polar surface area (TPSA) is 48.3 Å². The Bertz CT molecular complexity index is 1080. The molecule has 3 aromatic rings. The molecule has 4 nitrogen and oxygen atoms in total. The van der Waals surface area contributed by atoms with E-state index in [4.69, 9.17) is 4.43 Å². The minimum absolute atomic E-state index is 0.0962. The molecule has 0 radical (unpaired) electrons. The average molecular weight is 513 g/mol. The number of halogens is 1. The Hall–Kier alpha value is -1.32. The van der Waals surface area contributed by atoms with Crippen LogP contribution in [0.25, 0.3) is 10.9 Å². The van der Waals surface area contributed by atoms with Gasteiger partial charge in [-0.2, -0.15) is 0 Å². The summed E-state index contributed by atoms with van der Waals surface area (Å²) in [6.07, 6.45) is 0. The minimum Gasteiger partial charge on any atom is -0.543 e. The lowest BCUT2D eigenvalue weighted by Gasteiger charge is -2.36. The van der Waals surface area contributed by atoms with E-state index in [1.54, 1.807) is 24.3 Å². The van der Waals surface area contributed by atoms with E-state index in [0.29, 0.717) is 9.22 Å². The van der Waals surface area contributed by atoms with E-state index in [9.17, 15) is 8.42 Å². The van der Waals surface area contributed by atoms with Crippen molar-refractivity contribution in [2.75, 3.05) is 0 Å². The van der Waals surface area contributed by atoms with Gasteiger partial charge >= 0.3 is 0 Å². The molecule has 0 aliphatic rings. The molecule has 27 heavy (non-hydrogen) atoms. The molecule has 1 aromatic heterocycles. The van der Waals surface area contributed by atoms with Crippen LogP contribution in [-0.4, -0.2) is 20.7 Å². The molecule has 0 bridgehead atoms. The standard InChI is InChI=1S/C20H24INO3SSi/c1-20(2,3)27(4,5)25-16-11-12-18-15(13-16)14-19(21)22(18)26(23,24)17-9-7-6-8-10-17/h6-14H,1-5H3. The molecule has 3 rings (SSSR count). The fraction of sp³-hybridized carbons (Fsp3) is 0.300. The first kappa shape index (κ1) is 20.4. The Morgan fingerprint density at radius 2 is 1.63 bits per heavy atom. The maximum atomic E-state index is 13.1. The van der Waals surface area contributed by atoms with Crippen molar-refractivity contribution in [1.29, 1.82) is 0 Å². The number of fused-ring (bicyclic) bond motifs is 1. The van der Waals surface area contributed by atoms with Crippen molar-refractivity contribution in [3.63, 3.8) is 0 Å². The second kappa shape index (κ2) is 6.93. The van der Waals surface area contributed by atoms with Gasteiger partial charge in [0.1, 0.15) is 5.75 Å². The van der Waals surface area contributed by atoms with Gasteiger partial charge in [0.2, 0.25) is 8.32 Å². The summed E-state index contributed by atoms with van der Waals surface area (Å²) in [6.45, 7) is 11.0. The Morgan fingerprint density at radius 1 is 1.00 bits per heavy atom. The van der Waals surface area contributed by atoms with Gasteiger partial charge in [-0.3, -0.25) is 0 Å². The summed E-state index contributed by atoms with van der Waals surface area (Å²) in [4.78, 5) is 0.280. The van der Waals surface area contributed by atoms with Gasteiger partial charge in [-0.25, -0.2) is 12.4 Å². The molecule has 0 amide bonds. The van der Waals surface area contributed by atoms with Gasteiger partial charge in [0.05, 0.1) is 14.1 Å². The molecule has 2 aromatic carbocycles. The van der Waals surface area contributed by atoms with E-state index in [0.717, 1.165) is 11.1 Å². The van der Waals surface area contributed by atoms with Crippen LogP contribution in [0.2, 0.25) is 18.1 Å². The SMILES string of the molecule is CC(C)(C)[Si](C)(C)Oc1ccc2c(c1)cc(I)n2S(=O)(=O)c1ccccc1. The van der Waals surface area contributed by atoms with Crippen LogP contribution in [0, 0.1) is 3.70 Å². The fourth-order valence-electron chi connectivity index (χ4n) is 2.59. The average Bonchev–Trinajstić information content (AvgIpc) is 2.90. The Balaban J connectivity index is 2.08. The van der Waals surface area contributed by atoms with Crippen LogP contribution >= 0.6 is 22.6 Å². The van der Waals surface area contributed by atoms with Gasteiger partial charge in [-0.05, 0) is 77.1 Å². The van der Waals surface area contributed by atoms with Gasteiger partial charge in [-0.1, -0.05) is 39.0 Å². The predicted octanol–water partition coefficient (Wildman–Crippen LogP) is 5.87. The van der Waals surface area contributed by atoms with Gasteiger partial charge in [0, 0.05) is 5.39 Å². The summed E-state index contributed by atoms with van der Waals surface area (Å²) < 4.78 is 34.6. The van der Waals surface area contributed by atoms with E-state index in [1.165, 1.54) is 3.97 Å². The molecule has 0 N–H and O–H groups in total. The highest BCUT2D eigenvalue weighted by atomic mass is 127. The maximum Gasteiger partial charge on any atom is 0.269 e. The van der Waals surface area contributed by atoms with Gasteiger partial charge in [0.15, 0.2) is 0 Å². The highest BCUT2D eigenvalue weighted by Gasteiger charge is 2.39. The quantitative estimate of drug-likeness (QED) is 0.324. The van der Waals surface area contributed by atoms with E-state index in [1.807, 2.05) is 30.3 Å². The normalized spacial score (nSPS) is 13.1. The van der Waals surface area contributed by atoms with Gasteiger partial charge in [-0.15, -0.1) is 0 Å². The zero-order valence-corrected chi connectivity index (χ0v) is 20.1. The molecule has 1 heterocycles. The Labute approximate surface area is 175 Å². The lowest BCUT2D eigenvalue weighted by Crippen LogP contribution is -2.43. The van der Waals surface area contributed by atoms with Crippen LogP contribution in [0.3, 0.4) is 0 Å². The highest BCUT2D eigenvalue weighted by Crippen LogP contribution is 2.38. The highest BCUT2D eigenvalue weighted by molar-refractivity contribution is 14.1. The predicted molar refractivity (Wildman–Crippen MR) is 122 cm³/mol. The number of rotatable bonds is 4. The van der Waals surface area contributed by atoms with Crippen molar-refractivity contribution >= 4 is 51.8 Å². The number of hydrogen-bond acceptors (Lipinski definition) is 3. The molecule has 0 saturated heterocycles. The van der Waals surface area contributed by atoms with Crippen molar-refractivity contribution < 1.29 is 12.8 Å². The van der Waals surface area contributed by atoms with Crippen LogP contribution in [0.4, 0.5) is 0 Å². The molecular formula is C20H24INO3SSi. The lowest BCUT2D eigenvalue weighted by atomic mass is 10.2. The van der Waals surface area contributed by atoms with Crippen LogP contribution in [0.5, 0.6) is 5.75 Å². The lowest BCUT2D eigenvalue weighted by molar-refractivity contribution is 0.493. The van der Waals surface area contributed by atoms with Crippen LogP contribution in [0.1, 0.15) is 20.8 Å². The van der Waals surface area contributed by atoms with Crippen molar-refractivity contribution in [3.05, 3.63) is 58.3 Å². The van der Waals surface area contributed by atoms with Crippen molar-refractivity contribution in [1.82, 2.24) is 3.97 Å². The van der Waals surface area contributed by atoms with Crippen LogP contribution in [0.15, 0.2) is 59.5 Å². The molecule has 0 saturated carbocycles. The van der Waals surface area contributed by atoms with Crippen molar-refractivity contribution in [2.24, 2.45) is 0 Å². The third-order valence-electron chi connectivity index (χ3n) is 5.15. The first-order valence-corrected chi connectivity index (χ1v) is 14.2. The van der Waals surface area contributed by atoms with E-state index >= 15 is 0 Å². The molecule has 0 unspecified atom stereocenters. The summed E-state index contributed by atoms with van der Waals surface area (Å²) in [5, 5.41) is 0.953. The molecule has 0 spiro atoms. The van der Waals surface area contributed by atoms with E-state index < -0.39 is 18.3 Å². The molecule has 144 valence electrons. The smallest absolute Gasteiger partial charge is 0.269 e. The summed E-state index contributed by atoms with van der Waals surface area (Å²) in [5.74, 6) is 0.791. The molecule has 0 aliphatic carbocycles. The Kier molecular flexibility index (Phi) is 5.24. The minimum atomic E-state index is -3.65. The van der Waals surface area contributed by atoms with Crippen LogP contribution < -0.4 is 4.43 Å². The zero-order valence-electron chi connectivity index (χ0n) is 16.2. The number of nitrogens with zero attached hydrogens (tertiary/aromatic N) is 1. The summed E-state index contributed by atoms with van der Waals surface area (Å²) >= 11 is 2.07. The number of hydrogen-bond donors (Lipinski definition) is 0. The van der Waals surface area contributed by atoms with E-state index in [2.05, 4.69) is 56.5 Å². The molecule has 0 fully saturated rings. The third kappa shape index (κ3) is 3.81. The van der Waals surface area contributed by atoms with Gasteiger partial charge in [0.25, 0.3) is 10.0 Å². The van der Waals surface area contributed by atoms with Gasteiger partial charge < -0.3 is 4.43 Å². The van der Waals surface area contributed by atoms with Crippen molar-refractivity contribution in [3.8, 4) is 5.75 Å². The van der Waals surface area contributed by atoms with Crippen LogP contribution in [-0.2, 0) is 10.0 Å². The largest absolute Gasteiger partial charge is 0.543 e. The van der Waals surface area contributed by atoms with Crippen molar-refractivity contribution in [2.45, 2.75) is 43.8 Å². The van der Waals surface area contributed by atoms with E-state index in [-0.39, 0.29) is 9.93 Å². The second-order valence-electron chi connectivity index (χ2n) is 8.13. The monoisotopic (exact) mass is 513 g/mol. The second-order valence-corrected chi connectivity index (χ2v) is 15.7. The molecule has 0 aliphatic heterocycles. The first-order chi connectivity index (χ1) is 12.4. The third-order valence-corrected chi connectivity index (χ3v) is 12.4.